The highest BCUT2D eigenvalue weighted by atomic mass is 16.4. The number of aliphatic carboxylic acids is 1. The molecule has 0 bridgehead atoms. The molecule has 90 valence electrons. The van der Waals surface area contributed by atoms with Crippen LogP contribution in [0.25, 0.3) is 0 Å². The number of carbonyl (C=O) groups excluding carboxylic acids is 1. The Hall–Kier alpha value is -1.32. The third-order valence-corrected chi connectivity index (χ3v) is 3.00. The van der Waals surface area contributed by atoms with Gasteiger partial charge in [0, 0.05) is 12.5 Å². The van der Waals surface area contributed by atoms with Gasteiger partial charge in [-0.05, 0) is 32.6 Å². The molecule has 1 rings (SSSR count). The van der Waals surface area contributed by atoms with Crippen LogP contribution < -0.4 is 5.32 Å². The molecular weight excluding hydrogens is 206 g/mol. The van der Waals surface area contributed by atoms with E-state index in [-0.39, 0.29) is 17.7 Å². The molecule has 4 nitrogen and oxygen atoms in total. The Labute approximate surface area is 95.7 Å². The fourth-order valence-corrected chi connectivity index (χ4v) is 2.03. The molecule has 0 saturated heterocycles. The highest BCUT2D eigenvalue weighted by Crippen LogP contribution is 2.30. The van der Waals surface area contributed by atoms with Gasteiger partial charge in [-0.3, -0.25) is 9.59 Å². The number of hydrogen-bond donors (Lipinski definition) is 2. The summed E-state index contributed by atoms with van der Waals surface area (Å²) >= 11 is 0. The van der Waals surface area contributed by atoms with E-state index in [0.29, 0.717) is 25.8 Å². The molecule has 1 saturated carbocycles. The summed E-state index contributed by atoms with van der Waals surface area (Å²) in [6, 6.07) is 0. The number of hydrogen-bond acceptors (Lipinski definition) is 2. The fraction of sp³-hybridized carbons (Fsp3) is 0.667. The van der Waals surface area contributed by atoms with Crippen LogP contribution in [-0.2, 0) is 9.59 Å². The summed E-state index contributed by atoms with van der Waals surface area (Å²) in [5.41, 5.74) is 0. The number of carboxylic acid groups (broad SMARTS) is 1. The topological polar surface area (TPSA) is 66.4 Å². The van der Waals surface area contributed by atoms with Gasteiger partial charge in [-0.15, -0.1) is 0 Å². The lowest BCUT2D eigenvalue weighted by molar-refractivity contribution is -0.141. The van der Waals surface area contributed by atoms with Crippen LogP contribution in [0.5, 0.6) is 0 Å². The molecule has 16 heavy (non-hydrogen) atoms. The first-order chi connectivity index (χ1) is 7.65. The number of allylic oxidation sites excluding steroid dienone is 1. The van der Waals surface area contributed by atoms with Crippen molar-refractivity contribution in [1.29, 1.82) is 0 Å². The minimum absolute atomic E-state index is 0.00764. The van der Waals surface area contributed by atoms with E-state index in [4.69, 9.17) is 5.11 Å². The first kappa shape index (κ1) is 12.7. The van der Waals surface area contributed by atoms with Crippen molar-refractivity contribution >= 4 is 11.9 Å². The standard InChI is InChI=1S/C12H19NO3/c1-2-3-4-7-13-11(14)9-5-6-10(8-9)12(15)16/h2-3,9-10H,4-8H2,1H3,(H,13,14)(H,15,16)/b3-2+/t9-,10+/m1/s1. The summed E-state index contributed by atoms with van der Waals surface area (Å²) in [5.74, 6) is -1.20. The van der Waals surface area contributed by atoms with Gasteiger partial charge >= 0.3 is 5.97 Å². The maximum absolute atomic E-state index is 11.6. The van der Waals surface area contributed by atoms with E-state index in [0.717, 1.165) is 6.42 Å². The predicted molar refractivity (Wildman–Crippen MR) is 60.9 cm³/mol. The Balaban J connectivity index is 2.25. The lowest BCUT2D eigenvalue weighted by Gasteiger charge is -2.09. The van der Waals surface area contributed by atoms with Gasteiger partial charge in [0.15, 0.2) is 0 Å². The van der Waals surface area contributed by atoms with Gasteiger partial charge in [0.2, 0.25) is 5.91 Å². The minimum Gasteiger partial charge on any atom is -0.481 e. The Morgan fingerprint density at radius 3 is 2.62 bits per heavy atom. The summed E-state index contributed by atoms with van der Waals surface area (Å²) in [4.78, 5) is 22.4. The Kier molecular flexibility index (Phi) is 5.02. The molecule has 2 atom stereocenters. The molecule has 0 aromatic rings. The second-order valence-corrected chi connectivity index (χ2v) is 4.19. The van der Waals surface area contributed by atoms with Crippen molar-refractivity contribution in [2.24, 2.45) is 11.8 Å². The molecule has 1 aliphatic carbocycles. The third kappa shape index (κ3) is 3.68. The summed E-state index contributed by atoms with van der Waals surface area (Å²) in [6.07, 6.45) is 6.59. The van der Waals surface area contributed by atoms with Crippen LogP contribution in [0, 0.1) is 11.8 Å². The van der Waals surface area contributed by atoms with E-state index in [1.165, 1.54) is 0 Å². The van der Waals surface area contributed by atoms with Crippen LogP contribution in [0.1, 0.15) is 32.6 Å². The van der Waals surface area contributed by atoms with Gasteiger partial charge in [0.25, 0.3) is 0 Å². The highest BCUT2D eigenvalue weighted by Gasteiger charge is 2.33. The van der Waals surface area contributed by atoms with Crippen LogP contribution in [0.4, 0.5) is 0 Å². The Bertz CT molecular complexity index is 286. The normalized spacial score (nSPS) is 24.8. The van der Waals surface area contributed by atoms with E-state index in [1.54, 1.807) is 0 Å². The largest absolute Gasteiger partial charge is 0.481 e. The number of rotatable bonds is 5. The Morgan fingerprint density at radius 2 is 2.06 bits per heavy atom. The highest BCUT2D eigenvalue weighted by molar-refractivity contribution is 5.80. The zero-order valence-corrected chi connectivity index (χ0v) is 9.61. The van der Waals surface area contributed by atoms with Crippen molar-refractivity contribution in [1.82, 2.24) is 5.32 Å². The van der Waals surface area contributed by atoms with E-state index in [2.05, 4.69) is 5.32 Å². The molecule has 1 fully saturated rings. The number of carbonyl (C=O) groups is 2. The smallest absolute Gasteiger partial charge is 0.306 e. The van der Waals surface area contributed by atoms with Crippen LogP contribution in [0.15, 0.2) is 12.2 Å². The Morgan fingerprint density at radius 1 is 1.38 bits per heavy atom. The molecule has 4 heteroatoms. The second-order valence-electron chi connectivity index (χ2n) is 4.19. The number of nitrogens with one attached hydrogen (secondary N) is 1. The first-order valence-corrected chi connectivity index (χ1v) is 5.76. The summed E-state index contributed by atoms with van der Waals surface area (Å²) < 4.78 is 0. The summed E-state index contributed by atoms with van der Waals surface area (Å²) in [5, 5.41) is 11.7. The molecule has 2 N–H and O–H groups in total. The third-order valence-electron chi connectivity index (χ3n) is 3.00. The molecular formula is C12H19NO3. The fourth-order valence-electron chi connectivity index (χ4n) is 2.03. The van der Waals surface area contributed by atoms with Crippen molar-refractivity contribution in [3.8, 4) is 0 Å². The van der Waals surface area contributed by atoms with Crippen molar-refractivity contribution in [3.63, 3.8) is 0 Å². The minimum atomic E-state index is -0.774. The van der Waals surface area contributed by atoms with Crippen LogP contribution >= 0.6 is 0 Å². The van der Waals surface area contributed by atoms with Crippen LogP contribution in [-0.4, -0.2) is 23.5 Å². The van der Waals surface area contributed by atoms with Crippen molar-refractivity contribution in [3.05, 3.63) is 12.2 Å². The van der Waals surface area contributed by atoms with E-state index >= 15 is 0 Å². The average molecular weight is 225 g/mol. The van der Waals surface area contributed by atoms with Crippen molar-refractivity contribution < 1.29 is 14.7 Å². The molecule has 0 aromatic carbocycles. The van der Waals surface area contributed by atoms with Gasteiger partial charge in [0.05, 0.1) is 5.92 Å². The summed E-state index contributed by atoms with van der Waals surface area (Å²) in [7, 11) is 0. The lowest BCUT2D eigenvalue weighted by Crippen LogP contribution is -2.30. The maximum Gasteiger partial charge on any atom is 0.306 e. The maximum atomic E-state index is 11.6. The lowest BCUT2D eigenvalue weighted by atomic mass is 10.0. The molecule has 0 aromatic heterocycles. The van der Waals surface area contributed by atoms with Crippen LogP contribution in [0.2, 0.25) is 0 Å². The zero-order chi connectivity index (χ0) is 12.0. The number of amides is 1. The van der Waals surface area contributed by atoms with Crippen LogP contribution in [0.3, 0.4) is 0 Å². The molecule has 1 aliphatic rings. The van der Waals surface area contributed by atoms with Gasteiger partial charge < -0.3 is 10.4 Å². The van der Waals surface area contributed by atoms with Crippen molar-refractivity contribution in [2.45, 2.75) is 32.6 Å². The number of carboxylic acids is 1. The average Bonchev–Trinajstić information content (AvgIpc) is 2.73. The zero-order valence-electron chi connectivity index (χ0n) is 9.61. The van der Waals surface area contributed by atoms with Gasteiger partial charge in [0.1, 0.15) is 0 Å². The quantitative estimate of drug-likeness (QED) is 0.551. The van der Waals surface area contributed by atoms with Gasteiger partial charge in [-0.1, -0.05) is 12.2 Å². The van der Waals surface area contributed by atoms with Gasteiger partial charge in [-0.25, -0.2) is 0 Å². The second kappa shape index (κ2) is 6.30. The summed E-state index contributed by atoms with van der Waals surface area (Å²) in [6.45, 7) is 2.58. The van der Waals surface area contributed by atoms with E-state index in [1.807, 2.05) is 19.1 Å². The van der Waals surface area contributed by atoms with Crippen molar-refractivity contribution in [2.75, 3.05) is 6.54 Å². The molecule has 0 radical (unpaired) electrons. The molecule has 0 unspecified atom stereocenters. The van der Waals surface area contributed by atoms with E-state index in [9.17, 15) is 9.59 Å². The first-order valence-electron chi connectivity index (χ1n) is 5.76. The predicted octanol–water partition coefficient (Wildman–Crippen LogP) is 1.57. The SMILES string of the molecule is C/C=C/CCNC(=O)[C@@H]1CC[C@H](C(=O)O)C1. The molecule has 0 heterocycles. The molecule has 0 spiro atoms. The molecule has 0 aliphatic heterocycles. The van der Waals surface area contributed by atoms with E-state index < -0.39 is 5.97 Å². The van der Waals surface area contributed by atoms with Gasteiger partial charge in [-0.2, -0.15) is 0 Å². The molecule has 1 amide bonds. The monoisotopic (exact) mass is 225 g/mol.